The maximum Gasteiger partial charge on any atom is 0.0701 e. The van der Waals surface area contributed by atoms with Crippen LogP contribution in [-0.2, 0) is 11.2 Å². The van der Waals surface area contributed by atoms with E-state index in [1.54, 1.807) is 0 Å². The van der Waals surface area contributed by atoms with E-state index >= 15 is 0 Å². The lowest BCUT2D eigenvalue weighted by molar-refractivity contribution is -0.00254. The topological polar surface area (TPSA) is 24.5 Å². The number of nitrogens with one attached hydrogen (secondary N) is 1. The highest BCUT2D eigenvalue weighted by atomic mass is 16.5. The number of rotatable bonds is 7. The van der Waals surface area contributed by atoms with Crippen LogP contribution in [0.3, 0.4) is 0 Å². The van der Waals surface area contributed by atoms with Crippen LogP contribution in [0.25, 0.3) is 0 Å². The van der Waals surface area contributed by atoms with Crippen LogP contribution < -0.4 is 5.32 Å². The van der Waals surface area contributed by atoms with Crippen molar-refractivity contribution < 1.29 is 4.74 Å². The molecule has 0 bridgehead atoms. The Morgan fingerprint density at radius 1 is 1.29 bits per heavy atom. The Hall–Kier alpha value is -0.900. The molecule has 0 aliphatic carbocycles. The first-order valence-electron chi connectivity index (χ1n) is 8.29. The molecule has 0 amide bonds. The van der Waals surface area contributed by atoms with Crippen molar-refractivity contribution in [1.82, 2.24) is 10.2 Å². The number of nitrogens with zero attached hydrogens (tertiary/aromatic N) is 1. The lowest BCUT2D eigenvalue weighted by Gasteiger charge is -2.30. The predicted molar refractivity (Wildman–Crippen MR) is 88.7 cm³/mol. The average Bonchev–Trinajstić information content (AvgIpc) is 2.53. The quantitative estimate of drug-likeness (QED) is 0.835. The number of hydrogen-bond acceptors (Lipinski definition) is 3. The van der Waals surface area contributed by atoms with E-state index < -0.39 is 0 Å². The molecular formula is C18H30N2O. The highest BCUT2D eigenvalue weighted by Crippen LogP contribution is 2.17. The van der Waals surface area contributed by atoms with Gasteiger partial charge in [-0.15, -0.1) is 0 Å². The third-order valence-corrected chi connectivity index (χ3v) is 4.42. The molecule has 1 aliphatic heterocycles. The smallest absolute Gasteiger partial charge is 0.0701 e. The van der Waals surface area contributed by atoms with Crippen molar-refractivity contribution in [2.75, 3.05) is 33.8 Å². The van der Waals surface area contributed by atoms with Crippen molar-refractivity contribution in [2.45, 2.75) is 44.8 Å². The molecule has 0 spiro atoms. The molecule has 3 heteroatoms. The molecule has 3 nitrogen and oxygen atoms in total. The summed E-state index contributed by atoms with van der Waals surface area (Å²) in [6, 6.07) is 9.37. The molecule has 0 aromatic heterocycles. The van der Waals surface area contributed by atoms with Crippen LogP contribution in [0.4, 0.5) is 0 Å². The molecule has 2 rings (SSSR count). The standard InChI is InChI=1S/C18H30N2O/c1-4-15-8-10-16(11-9-15)18(19-2)14-20(3)13-17-7-5-6-12-21-17/h8-11,17-19H,4-7,12-14H2,1-3H3. The van der Waals surface area contributed by atoms with E-state index in [9.17, 15) is 0 Å². The molecule has 1 saturated heterocycles. The van der Waals surface area contributed by atoms with Crippen LogP contribution in [0.2, 0.25) is 0 Å². The summed E-state index contributed by atoms with van der Waals surface area (Å²) in [6.07, 6.45) is 5.27. The zero-order chi connectivity index (χ0) is 15.1. The van der Waals surface area contributed by atoms with Crippen LogP contribution in [0.1, 0.15) is 43.4 Å². The van der Waals surface area contributed by atoms with Crippen molar-refractivity contribution >= 4 is 0 Å². The van der Waals surface area contributed by atoms with Gasteiger partial charge in [0.15, 0.2) is 0 Å². The third-order valence-electron chi connectivity index (χ3n) is 4.42. The van der Waals surface area contributed by atoms with Gasteiger partial charge in [0, 0.05) is 25.7 Å². The maximum absolute atomic E-state index is 5.84. The molecule has 1 aliphatic rings. The highest BCUT2D eigenvalue weighted by Gasteiger charge is 2.18. The average molecular weight is 290 g/mol. The van der Waals surface area contributed by atoms with Crippen molar-refractivity contribution in [2.24, 2.45) is 0 Å². The van der Waals surface area contributed by atoms with Crippen LogP contribution in [0.5, 0.6) is 0 Å². The molecule has 1 N–H and O–H groups in total. The van der Waals surface area contributed by atoms with Crippen molar-refractivity contribution in [3.8, 4) is 0 Å². The molecule has 0 saturated carbocycles. The first-order valence-corrected chi connectivity index (χ1v) is 8.29. The molecule has 1 aromatic rings. The van der Waals surface area contributed by atoms with Gasteiger partial charge in [-0.3, -0.25) is 0 Å². The molecule has 2 atom stereocenters. The van der Waals surface area contributed by atoms with Gasteiger partial charge in [-0.25, -0.2) is 0 Å². The Labute approximate surface area is 129 Å². The first-order chi connectivity index (χ1) is 10.2. The number of aryl methyl sites for hydroxylation is 1. The zero-order valence-electron chi connectivity index (χ0n) is 13.8. The minimum Gasteiger partial charge on any atom is -0.377 e. The van der Waals surface area contributed by atoms with Gasteiger partial charge in [0.2, 0.25) is 0 Å². The summed E-state index contributed by atoms with van der Waals surface area (Å²) < 4.78 is 5.84. The van der Waals surface area contributed by atoms with Crippen molar-refractivity contribution in [3.63, 3.8) is 0 Å². The number of likely N-dealkylation sites (N-methyl/N-ethyl adjacent to an activating group) is 2. The number of benzene rings is 1. The maximum atomic E-state index is 5.84. The summed E-state index contributed by atoms with van der Waals surface area (Å²) in [5.41, 5.74) is 2.77. The summed E-state index contributed by atoms with van der Waals surface area (Å²) in [7, 11) is 4.24. The number of ether oxygens (including phenoxy) is 1. The SMILES string of the molecule is CCc1ccc(C(CN(C)CC2CCCCO2)NC)cc1. The molecule has 118 valence electrons. The lowest BCUT2D eigenvalue weighted by Crippen LogP contribution is -2.38. The van der Waals surface area contributed by atoms with Crippen molar-refractivity contribution in [1.29, 1.82) is 0 Å². The van der Waals surface area contributed by atoms with Gasteiger partial charge >= 0.3 is 0 Å². The van der Waals surface area contributed by atoms with Gasteiger partial charge in [-0.1, -0.05) is 31.2 Å². The van der Waals surface area contributed by atoms with E-state index in [0.29, 0.717) is 12.1 Å². The summed E-state index contributed by atoms with van der Waals surface area (Å²) in [5.74, 6) is 0. The molecule has 0 radical (unpaired) electrons. The summed E-state index contributed by atoms with van der Waals surface area (Å²) in [6.45, 7) is 5.18. The van der Waals surface area contributed by atoms with E-state index in [1.807, 2.05) is 7.05 Å². The summed E-state index contributed by atoms with van der Waals surface area (Å²) >= 11 is 0. The van der Waals surface area contributed by atoms with E-state index in [2.05, 4.69) is 48.5 Å². The summed E-state index contributed by atoms with van der Waals surface area (Å²) in [5, 5.41) is 3.44. The predicted octanol–water partition coefficient (Wildman–Crippen LogP) is 3.01. The van der Waals surface area contributed by atoms with Crippen LogP contribution >= 0.6 is 0 Å². The summed E-state index contributed by atoms with van der Waals surface area (Å²) in [4.78, 5) is 2.39. The fourth-order valence-corrected chi connectivity index (χ4v) is 3.03. The normalized spacial score (nSPS) is 20.7. The monoisotopic (exact) mass is 290 g/mol. The lowest BCUT2D eigenvalue weighted by atomic mass is 10.0. The van der Waals surface area contributed by atoms with E-state index in [0.717, 1.165) is 26.1 Å². The second kappa shape index (κ2) is 8.52. The Morgan fingerprint density at radius 2 is 2.05 bits per heavy atom. The van der Waals surface area contributed by atoms with Gasteiger partial charge in [0.1, 0.15) is 0 Å². The van der Waals surface area contributed by atoms with Crippen LogP contribution in [-0.4, -0.2) is 44.8 Å². The van der Waals surface area contributed by atoms with Crippen LogP contribution in [0.15, 0.2) is 24.3 Å². The van der Waals surface area contributed by atoms with Gasteiger partial charge in [-0.2, -0.15) is 0 Å². The molecule has 1 aromatic carbocycles. The highest BCUT2D eigenvalue weighted by molar-refractivity contribution is 5.25. The fourth-order valence-electron chi connectivity index (χ4n) is 3.03. The van der Waals surface area contributed by atoms with Gasteiger partial charge in [-0.05, 0) is 50.9 Å². The fraction of sp³-hybridized carbons (Fsp3) is 0.667. The molecule has 1 fully saturated rings. The Bertz CT molecular complexity index is 398. The van der Waals surface area contributed by atoms with Gasteiger partial charge in [0.25, 0.3) is 0 Å². The van der Waals surface area contributed by atoms with Crippen LogP contribution in [0, 0.1) is 0 Å². The van der Waals surface area contributed by atoms with E-state index in [4.69, 9.17) is 4.74 Å². The minimum atomic E-state index is 0.379. The van der Waals surface area contributed by atoms with Gasteiger partial charge in [0.05, 0.1) is 6.10 Å². The molecule has 2 unspecified atom stereocenters. The van der Waals surface area contributed by atoms with Crippen molar-refractivity contribution in [3.05, 3.63) is 35.4 Å². The largest absolute Gasteiger partial charge is 0.377 e. The molecule has 21 heavy (non-hydrogen) atoms. The Morgan fingerprint density at radius 3 is 2.62 bits per heavy atom. The second-order valence-electron chi connectivity index (χ2n) is 6.15. The Kier molecular flexibility index (Phi) is 6.68. The Balaban J connectivity index is 1.87. The van der Waals surface area contributed by atoms with E-state index in [1.165, 1.54) is 30.4 Å². The minimum absolute atomic E-state index is 0.379. The second-order valence-corrected chi connectivity index (χ2v) is 6.15. The molecular weight excluding hydrogens is 260 g/mol. The van der Waals surface area contributed by atoms with Gasteiger partial charge < -0.3 is 15.0 Å². The molecule has 1 heterocycles. The zero-order valence-corrected chi connectivity index (χ0v) is 13.8. The number of hydrogen-bond donors (Lipinski definition) is 1. The van der Waals surface area contributed by atoms with E-state index in [-0.39, 0.29) is 0 Å². The third kappa shape index (κ3) is 5.10. The first kappa shape index (κ1) is 16.5.